The van der Waals surface area contributed by atoms with Crippen molar-refractivity contribution >= 4 is 17.1 Å². The number of nitrogens with zero attached hydrogens (tertiary/aromatic N) is 5. The SMILES string of the molecule is CCCc1c(Cc2ccc(-c3ccccc3-c3noc(=O)[nH]3)s2)c(=O)n(CC)c2ncnn12. The molecule has 168 valence electrons. The lowest BCUT2D eigenvalue weighted by Gasteiger charge is -2.13. The Bertz CT molecular complexity index is 1550. The summed E-state index contributed by atoms with van der Waals surface area (Å²) >= 11 is 1.61. The molecule has 10 heteroatoms. The van der Waals surface area contributed by atoms with Crippen molar-refractivity contribution in [2.45, 2.75) is 39.7 Å². The van der Waals surface area contributed by atoms with E-state index in [1.807, 2.05) is 43.3 Å². The molecule has 0 radical (unpaired) electrons. The third-order valence-corrected chi connectivity index (χ3v) is 6.70. The van der Waals surface area contributed by atoms with E-state index in [0.29, 0.717) is 24.6 Å². The van der Waals surface area contributed by atoms with Gasteiger partial charge in [-0.3, -0.25) is 18.9 Å². The van der Waals surface area contributed by atoms with E-state index in [0.717, 1.165) is 45.0 Å². The molecule has 9 nitrogen and oxygen atoms in total. The molecule has 33 heavy (non-hydrogen) atoms. The van der Waals surface area contributed by atoms with Crippen molar-refractivity contribution in [3.8, 4) is 21.8 Å². The van der Waals surface area contributed by atoms with Crippen LogP contribution in [0.25, 0.3) is 27.6 Å². The first-order valence-electron chi connectivity index (χ1n) is 10.8. The van der Waals surface area contributed by atoms with Gasteiger partial charge in [0, 0.05) is 39.4 Å². The van der Waals surface area contributed by atoms with Crippen LogP contribution in [-0.4, -0.2) is 29.3 Å². The molecule has 0 saturated carbocycles. The van der Waals surface area contributed by atoms with Gasteiger partial charge in [-0.2, -0.15) is 10.1 Å². The number of thiophene rings is 1. The van der Waals surface area contributed by atoms with E-state index < -0.39 is 5.76 Å². The minimum absolute atomic E-state index is 0.0167. The molecule has 0 aliphatic carbocycles. The molecule has 5 aromatic rings. The second-order valence-electron chi connectivity index (χ2n) is 7.63. The third-order valence-electron chi connectivity index (χ3n) is 5.58. The van der Waals surface area contributed by atoms with Gasteiger partial charge < -0.3 is 0 Å². The van der Waals surface area contributed by atoms with E-state index in [4.69, 9.17) is 0 Å². The Morgan fingerprint density at radius 2 is 1.91 bits per heavy atom. The standard InChI is InChI=1S/C23H22N6O3S/c1-3-7-18-17(21(30)28(4-2)22-24-13-25-29(18)22)12-14-10-11-19(33-14)15-8-5-6-9-16(15)20-26-23(31)32-27-20/h5-6,8-11,13H,3-4,7,12H2,1-2H3,(H,26,27,31). The number of hydrogen-bond acceptors (Lipinski definition) is 7. The summed E-state index contributed by atoms with van der Waals surface area (Å²) in [7, 11) is 0. The Balaban J connectivity index is 1.57. The smallest absolute Gasteiger partial charge is 0.296 e. The molecule has 0 aliphatic heterocycles. The van der Waals surface area contributed by atoms with E-state index in [2.05, 4.69) is 31.7 Å². The third kappa shape index (κ3) is 3.72. The Morgan fingerprint density at radius 1 is 1.09 bits per heavy atom. The van der Waals surface area contributed by atoms with E-state index >= 15 is 0 Å². The largest absolute Gasteiger partial charge is 0.439 e. The van der Waals surface area contributed by atoms with Crippen molar-refractivity contribution in [1.29, 1.82) is 0 Å². The zero-order chi connectivity index (χ0) is 22.9. The topological polar surface area (TPSA) is 111 Å². The zero-order valence-corrected chi connectivity index (χ0v) is 19.1. The van der Waals surface area contributed by atoms with Gasteiger partial charge in [-0.15, -0.1) is 11.3 Å². The first-order chi connectivity index (χ1) is 16.1. The molecular weight excluding hydrogens is 440 g/mol. The van der Waals surface area contributed by atoms with Crippen LogP contribution in [0, 0.1) is 0 Å². The summed E-state index contributed by atoms with van der Waals surface area (Å²) in [5, 5.41) is 8.23. The second-order valence-corrected chi connectivity index (χ2v) is 8.80. The normalized spacial score (nSPS) is 11.5. The molecule has 0 unspecified atom stereocenters. The number of aromatic nitrogens is 6. The van der Waals surface area contributed by atoms with Crippen LogP contribution in [-0.2, 0) is 19.4 Å². The van der Waals surface area contributed by atoms with E-state index in [1.165, 1.54) is 6.33 Å². The summed E-state index contributed by atoms with van der Waals surface area (Å²) in [4.78, 5) is 33.8. The van der Waals surface area contributed by atoms with Crippen LogP contribution in [0.1, 0.15) is 36.4 Å². The van der Waals surface area contributed by atoms with Crippen molar-refractivity contribution < 1.29 is 4.52 Å². The number of nitrogens with one attached hydrogen (secondary N) is 1. The Morgan fingerprint density at radius 3 is 2.64 bits per heavy atom. The van der Waals surface area contributed by atoms with Crippen LogP contribution in [0.4, 0.5) is 0 Å². The van der Waals surface area contributed by atoms with Crippen LogP contribution in [0.15, 0.2) is 56.8 Å². The molecule has 4 aromatic heterocycles. The summed E-state index contributed by atoms with van der Waals surface area (Å²) in [5.41, 5.74) is 3.36. The fourth-order valence-electron chi connectivity index (χ4n) is 4.11. The summed E-state index contributed by atoms with van der Waals surface area (Å²) in [6, 6.07) is 11.8. The van der Waals surface area contributed by atoms with Crippen LogP contribution < -0.4 is 11.3 Å². The van der Waals surface area contributed by atoms with E-state index in [9.17, 15) is 9.59 Å². The number of H-pyrrole nitrogens is 1. The molecule has 0 saturated heterocycles. The molecule has 0 spiro atoms. The summed E-state index contributed by atoms with van der Waals surface area (Å²) in [6.07, 6.45) is 3.65. The Kier molecular flexibility index (Phi) is 5.51. The maximum Gasteiger partial charge on any atom is 0.439 e. The average Bonchev–Trinajstić information content (AvgIpc) is 3.58. The molecule has 5 rings (SSSR count). The number of fused-ring (bicyclic) bond motifs is 1. The van der Waals surface area contributed by atoms with Gasteiger partial charge >= 0.3 is 5.76 Å². The van der Waals surface area contributed by atoms with Crippen molar-refractivity contribution in [1.82, 2.24) is 29.3 Å². The van der Waals surface area contributed by atoms with Crippen LogP contribution >= 0.6 is 11.3 Å². The fraction of sp³-hybridized carbons (Fsp3) is 0.261. The number of benzene rings is 1. The van der Waals surface area contributed by atoms with Gasteiger partial charge in [0.25, 0.3) is 5.56 Å². The highest BCUT2D eigenvalue weighted by atomic mass is 32.1. The predicted molar refractivity (Wildman–Crippen MR) is 126 cm³/mol. The van der Waals surface area contributed by atoms with Gasteiger partial charge in [-0.1, -0.05) is 42.8 Å². The molecule has 1 N–H and O–H groups in total. The number of rotatable bonds is 7. The molecule has 0 amide bonds. The zero-order valence-electron chi connectivity index (χ0n) is 18.2. The molecule has 0 bridgehead atoms. The second kappa shape index (κ2) is 8.62. The molecule has 0 fully saturated rings. The molecule has 0 aliphatic rings. The van der Waals surface area contributed by atoms with Gasteiger partial charge in [0.05, 0.1) is 5.69 Å². The number of aromatic amines is 1. The van der Waals surface area contributed by atoms with Crippen LogP contribution in [0.5, 0.6) is 0 Å². The summed E-state index contributed by atoms with van der Waals surface area (Å²) < 4.78 is 8.16. The highest BCUT2D eigenvalue weighted by molar-refractivity contribution is 7.15. The van der Waals surface area contributed by atoms with E-state index in [-0.39, 0.29) is 5.56 Å². The lowest BCUT2D eigenvalue weighted by atomic mass is 10.1. The monoisotopic (exact) mass is 462 g/mol. The molecule has 0 atom stereocenters. The number of hydrogen-bond donors (Lipinski definition) is 1. The number of aryl methyl sites for hydroxylation is 2. The van der Waals surface area contributed by atoms with Crippen LogP contribution in [0.2, 0.25) is 0 Å². The van der Waals surface area contributed by atoms with E-state index in [1.54, 1.807) is 20.4 Å². The highest BCUT2D eigenvalue weighted by Crippen LogP contribution is 2.35. The van der Waals surface area contributed by atoms with Gasteiger partial charge in [0.2, 0.25) is 5.78 Å². The van der Waals surface area contributed by atoms with Gasteiger partial charge in [0.15, 0.2) is 5.82 Å². The predicted octanol–water partition coefficient (Wildman–Crippen LogP) is 3.53. The fourth-order valence-corrected chi connectivity index (χ4v) is 5.17. The van der Waals surface area contributed by atoms with Crippen molar-refractivity contribution in [2.75, 3.05) is 0 Å². The lowest BCUT2D eigenvalue weighted by molar-refractivity contribution is 0.388. The molecule has 1 aromatic carbocycles. The quantitative estimate of drug-likeness (QED) is 0.396. The summed E-state index contributed by atoms with van der Waals surface area (Å²) in [5.74, 6) is 0.376. The van der Waals surface area contributed by atoms with Crippen molar-refractivity contribution in [2.24, 2.45) is 0 Å². The van der Waals surface area contributed by atoms with Gasteiger partial charge in [-0.25, -0.2) is 9.31 Å². The first kappa shape index (κ1) is 21.1. The maximum absolute atomic E-state index is 13.4. The van der Waals surface area contributed by atoms with Crippen molar-refractivity contribution in [3.05, 3.63) is 79.8 Å². The van der Waals surface area contributed by atoms with Gasteiger partial charge in [0.1, 0.15) is 6.33 Å². The lowest BCUT2D eigenvalue weighted by Crippen LogP contribution is -2.29. The van der Waals surface area contributed by atoms with Gasteiger partial charge in [-0.05, 0) is 25.5 Å². The highest BCUT2D eigenvalue weighted by Gasteiger charge is 2.19. The van der Waals surface area contributed by atoms with Crippen molar-refractivity contribution in [3.63, 3.8) is 0 Å². The molecular formula is C23H22N6O3S. The minimum Gasteiger partial charge on any atom is -0.296 e. The van der Waals surface area contributed by atoms with Crippen LogP contribution in [0.3, 0.4) is 0 Å². The first-order valence-corrected chi connectivity index (χ1v) is 11.6. The molecule has 4 heterocycles. The average molecular weight is 463 g/mol. The summed E-state index contributed by atoms with van der Waals surface area (Å²) in [6.45, 7) is 4.56. The Labute approximate surface area is 192 Å². The Hall–Kier alpha value is -3.79. The minimum atomic E-state index is -0.592. The maximum atomic E-state index is 13.4.